The first-order chi connectivity index (χ1) is 9.47. The van der Waals surface area contributed by atoms with E-state index in [0.717, 1.165) is 10.5 Å². The zero-order valence-corrected chi connectivity index (χ0v) is 13.1. The van der Waals surface area contributed by atoms with Crippen LogP contribution in [0.5, 0.6) is 0 Å². The molecule has 2 rings (SSSR count). The fraction of sp³-hybridized carbons (Fsp3) is 0.200. The molecule has 5 heteroatoms. The van der Waals surface area contributed by atoms with Crippen molar-refractivity contribution in [3.63, 3.8) is 0 Å². The van der Waals surface area contributed by atoms with Gasteiger partial charge >= 0.3 is 0 Å². The summed E-state index contributed by atoms with van der Waals surface area (Å²) >= 11 is 13.5. The van der Waals surface area contributed by atoms with Gasteiger partial charge in [0.05, 0.1) is 10.0 Å². The molecule has 0 saturated carbocycles. The van der Waals surface area contributed by atoms with E-state index in [1.165, 1.54) is 12.1 Å². The largest absolute Gasteiger partial charge is 0.327 e. The SMILES string of the molecule is CC(N)C(Sc1ccc(Cl)c(Cl)c1)c1cccc(F)c1. The van der Waals surface area contributed by atoms with Gasteiger partial charge < -0.3 is 5.73 Å². The number of thioether (sulfide) groups is 1. The van der Waals surface area contributed by atoms with E-state index in [0.29, 0.717) is 10.0 Å². The maximum Gasteiger partial charge on any atom is 0.123 e. The summed E-state index contributed by atoms with van der Waals surface area (Å²) in [7, 11) is 0. The highest BCUT2D eigenvalue weighted by Gasteiger charge is 2.18. The van der Waals surface area contributed by atoms with E-state index in [4.69, 9.17) is 28.9 Å². The monoisotopic (exact) mass is 329 g/mol. The van der Waals surface area contributed by atoms with Crippen molar-refractivity contribution in [2.75, 3.05) is 0 Å². The second-order valence-electron chi connectivity index (χ2n) is 4.53. The lowest BCUT2D eigenvalue weighted by Crippen LogP contribution is -2.22. The van der Waals surface area contributed by atoms with Gasteiger partial charge in [0.2, 0.25) is 0 Å². The molecule has 0 heterocycles. The molecule has 1 nitrogen and oxygen atoms in total. The Bertz CT molecular complexity index is 604. The fourth-order valence-electron chi connectivity index (χ4n) is 1.86. The first-order valence-corrected chi connectivity index (χ1v) is 7.73. The number of hydrogen-bond acceptors (Lipinski definition) is 2. The minimum absolute atomic E-state index is 0.0528. The molecular formula is C15H14Cl2FNS. The van der Waals surface area contributed by atoms with Gasteiger partial charge in [-0.3, -0.25) is 0 Å². The highest BCUT2D eigenvalue weighted by Crippen LogP contribution is 2.39. The molecule has 0 bridgehead atoms. The van der Waals surface area contributed by atoms with Crippen LogP contribution in [0, 0.1) is 5.82 Å². The van der Waals surface area contributed by atoms with Gasteiger partial charge in [0.15, 0.2) is 0 Å². The molecule has 0 aromatic heterocycles. The Morgan fingerprint density at radius 3 is 2.45 bits per heavy atom. The summed E-state index contributed by atoms with van der Waals surface area (Å²) in [6.07, 6.45) is 0. The molecule has 2 atom stereocenters. The molecule has 2 unspecified atom stereocenters. The number of halogens is 3. The van der Waals surface area contributed by atoms with Crippen molar-refractivity contribution < 1.29 is 4.39 Å². The summed E-state index contributed by atoms with van der Waals surface area (Å²) in [6, 6.07) is 11.8. The molecule has 0 aliphatic heterocycles. The zero-order chi connectivity index (χ0) is 14.7. The molecule has 2 aromatic rings. The summed E-state index contributed by atoms with van der Waals surface area (Å²) in [5.41, 5.74) is 6.89. The predicted octanol–water partition coefficient (Wildman–Crippen LogP) is 5.31. The number of benzene rings is 2. The summed E-state index contributed by atoms with van der Waals surface area (Å²) in [5, 5.41) is 0.960. The van der Waals surface area contributed by atoms with E-state index in [1.54, 1.807) is 30.0 Å². The molecule has 2 aromatic carbocycles. The Labute approximate surface area is 132 Å². The van der Waals surface area contributed by atoms with Crippen LogP contribution < -0.4 is 5.73 Å². The standard InChI is InChI=1S/C15H14Cl2FNS/c1-9(19)15(10-3-2-4-11(18)7-10)20-12-5-6-13(16)14(17)8-12/h2-9,15H,19H2,1H3. The van der Waals surface area contributed by atoms with Crippen LogP contribution in [0.15, 0.2) is 47.4 Å². The quantitative estimate of drug-likeness (QED) is 0.769. The molecule has 0 radical (unpaired) electrons. The maximum absolute atomic E-state index is 13.4. The smallest absolute Gasteiger partial charge is 0.123 e. The van der Waals surface area contributed by atoms with Gasteiger partial charge in [0.25, 0.3) is 0 Å². The molecule has 0 fully saturated rings. The van der Waals surface area contributed by atoms with Gasteiger partial charge in [0, 0.05) is 16.2 Å². The van der Waals surface area contributed by atoms with E-state index >= 15 is 0 Å². The van der Waals surface area contributed by atoms with Crippen LogP contribution in [-0.2, 0) is 0 Å². The molecule has 20 heavy (non-hydrogen) atoms. The van der Waals surface area contributed by atoms with Crippen LogP contribution in [0.25, 0.3) is 0 Å². The molecule has 106 valence electrons. The second kappa shape index (κ2) is 6.81. The Morgan fingerprint density at radius 1 is 1.10 bits per heavy atom. The second-order valence-corrected chi connectivity index (χ2v) is 6.56. The fourth-order valence-corrected chi connectivity index (χ4v) is 3.35. The molecule has 0 aliphatic carbocycles. The minimum Gasteiger partial charge on any atom is -0.327 e. The lowest BCUT2D eigenvalue weighted by molar-refractivity contribution is 0.622. The van der Waals surface area contributed by atoms with Crippen molar-refractivity contribution >= 4 is 35.0 Å². The third-order valence-electron chi connectivity index (χ3n) is 2.81. The lowest BCUT2D eigenvalue weighted by Gasteiger charge is -2.21. The molecule has 0 saturated heterocycles. The van der Waals surface area contributed by atoms with Gasteiger partial charge in [-0.05, 0) is 42.8 Å². The Kier molecular flexibility index (Phi) is 5.33. The van der Waals surface area contributed by atoms with E-state index in [2.05, 4.69) is 0 Å². The summed E-state index contributed by atoms with van der Waals surface area (Å²) in [4.78, 5) is 0.950. The lowest BCUT2D eigenvalue weighted by atomic mass is 10.1. The van der Waals surface area contributed by atoms with E-state index in [9.17, 15) is 4.39 Å². The van der Waals surface area contributed by atoms with Crippen LogP contribution in [0.3, 0.4) is 0 Å². The molecular weight excluding hydrogens is 316 g/mol. The highest BCUT2D eigenvalue weighted by molar-refractivity contribution is 7.99. The number of hydrogen-bond donors (Lipinski definition) is 1. The highest BCUT2D eigenvalue weighted by atomic mass is 35.5. The third-order valence-corrected chi connectivity index (χ3v) is 5.03. The maximum atomic E-state index is 13.4. The van der Waals surface area contributed by atoms with Crippen molar-refractivity contribution in [1.29, 1.82) is 0 Å². The van der Waals surface area contributed by atoms with E-state index < -0.39 is 0 Å². The Morgan fingerprint density at radius 2 is 1.85 bits per heavy atom. The summed E-state index contributed by atoms with van der Waals surface area (Å²) < 4.78 is 13.4. The van der Waals surface area contributed by atoms with Crippen LogP contribution in [-0.4, -0.2) is 6.04 Å². The topological polar surface area (TPSA) is 26.0 Å². The predicted molar refractivity (Wildman–Crippen MR) is 85.1 cm³/mol. The molecule has 2 N–H and O–H groups in total. The van der Waals surface area contributed by atoms with Crippen molar-refractivity contribution in [2.24, 2.45) is 5.73 Å². The minimum atomic E-state index is -0.261. The zero-order valence-electron chi connectivity index (χ0n) is 10.8. The van der Waals surface area contributed by atoms with Crippen LogP contribution in [0.4, 0.5) is 4.39 Å². The number of rotatable bonds is 4. The van der Waals surface area contributed by atoms with Crippen molar-refractivity contribution in [1.82, 2.24) is 0 Å². The van der Waals surface area contributed by atoms with Crippen molar-refractivity contribution in [2.45, 2.75) is 23.1 Å². The number of nitrogens with two attached hydrogens (primary N) is 1. The van der Waals surface area contributed by atoms with E-state index in [1.807, 2.05) is 19.1 Å². The van der Waals surface area contributed by atoms with Crippen molar-refractivity contribution in [3.8, 4) is 0 Å². The molecule has 0 amide bonds. The van der Waals surface area contributed by atoms with Gasteiger partial charge in [-0.1, -0.05) is 35.3 Å². The Hall–Kier alpha value is -0.740. The normalized spacial score (nSPS) is 14.1. The van der Waals surface area contributed by atoms with Crippen LogP contribution >= 0.6 is 35.0 Å². The van der Waals surface area contributed by atoms with Gasteiger partial charge in [-0.15, -0.1) is 11.8 Å². The average molecular weight is 330 g/mol. The summed E-state index contributed by atoms with van der Waals surface area (Å²) in [6.45, 7) is 1.90. The summed E-state index contributed by atoms with van der Waals surface area (Å²) in [5.74, 6) is -0.261. The first-order valence-electron chi connectivity index (χ1n) is 6.10. The average Bonchev–Trinajstić information content (AvgIpc) is 2.39. The molecule has 0 spiro atoms. The van der Waals surface area contributed by atoms with Gasteiger partial charge in [0.1, 0.15) is 5.82 Å². The van der Waals surface area contributed by atoms with Crippen molar-refractivity contribution in [3.05, 3.63) is 63.9 Å². The van der Waals surface area contributed by atoms with E-state index in [-0.39, 0.29) is 17.1 Å². The van der Waals surface area contributed by atoms with Gasteiger partial charge in [-0.25, -0.2) is 4.39 Å². The van der Waals surface area contributed by atoms with Crippen LogP contribution in [0.1, 0.15) is 17.7 Å². The third kappa shape index (κ3) is 3.89. The van der Waals surface area contributed by atoms with Crippen LogP contribution in [0.2, 0.25) is 10.0 Å². The molecule has 0 aliphatic rings. The Balaban J connectivity index is 2.28. The van der Waals surface area contributed by atoms with Gasteiger partial charge in [-0.2, -0.15) is 0 Å². The first kappa shape index (κ1) is 15.6.